The summed E-state index contributed by atoms with van der Waals surface area (Å²) >= 11 is 1.49. The van der Waals surface area contributed by atoms with Crippen LogP contribution in [0.15, 0.2) is 63.6 Å². The van der Waals surface area contributed by atoms with Crippen LogP contribution in [-0.4, -0.2) is 44.8 Å². The van der Waals surface area contributed by atoms with Crippen LogP contribution in [0.5, 0.6) is 0 Å². The van der Waals surface area contributed by atoms with Gasteiger partial charge >= 0.3 is 0 Å². The Hall–Kier alpha value is -4.12. The predicted molar refractivity (Wildman–Crippen MR) is 112 cm³/mol. The number of hydrogen-bond donors (Lipinski definition) is 0. The van der Waals surface area contributed by atoms with Gasteiger partial charge in [-0.05, 0) is 29.6 Å². The van der Waals surface area contributed by atoms with E-state index in [1.54, 1.807) is 12.1 Å². The molecule has 10 nitrogen and oxygen atoms in total. The van der Waals surface area contributed by atoms with E-state index in [-0.39, 0.29) is 16.8 Å². The quantitative estimate of drug-likeness (QED) is 0.334. The Bertz CT molecular complexity index is 1280. The Balaban J connectivity index is 1.42. The van der Waals surface area contributed by atoms with Crippen LogP contribution in [0.3, 0.4) is 0 Å². The number of carbonyl (C=O) groups is 3. The smallest absolute Gasteiger partial charge is 0.270 e. The summed E-state index contributed by atoms with van der Waals surface area (Å²) in [5.41, 5.74) is 0.331. The number of hydrogen-bond acceptors (Lipinski definition) is 8. The lowest BCUT2D eigenvalue weighted by atomic mass is 10.1. The first-order valence-electron chi connectivity index (χ1n) is 9.55. The Morgan fingerprint density at radius 2 is 2.00 bits per heavy atom. The average Bonchev–Trinajstić information content (AvgIpc) is 3.57. The van der Waals surface area contributed by atoms with Gasteiger partial charge < -0.3 is 4.42 Å². The van der Waals surface area contributed by atoms with E-state index in [2.05, 4.69) is 5.10 Å². The highest BCUT2D eigenvalue weighted by atomic mass is 32.1. The van der Waals surface area contributed by atoms with E-state index in [4.69, 9.17) is 4.42 Å². The van der Waals surface area contributed by atoms with Gasteiger partial charge in [-0.2, -0.15) is 5.10 Å². The number of furan rings is 1. The van der Waals surface area contributed by atoms with Crippen molar-refractivity contribution >= 4 is 40.5 Å². The highest BCUT2D eigenvalue weighted by Gasteiger charge is 2.41. The minimum absolute atomic E-state index is 0.0279. The summed E-state index contributed by atoms with van der Waals surface area (Å²) in [5.74, 6) is -1.46. The normalized spacial score (nSPS) is 17.6. The molecule has 0 radical (unpaired) electrons. The first-order valence-corrected chi connectivity index (χ1v) is 10.4. The van der Waals surface area contributed by atoms with Crippen LogP contribution in [0.1, 0.15) is 43.8 Å². The summed E-state index contributed by atoms with van der Waals surface area (Å²) in [6, 6.07) is 10.1. The summed E-state index contributed by atoms with van der Waals surface area (Å²) in [5, 5.41) is 18.6. The maximum atomic E-state index is 13.2. The molecule has 3 aromatic rings. The third-order valence-corrected chi connectivity index (χ3v) is 6.22. The molecular weight excluding hydrogens is 436 g/mol. The molecule has 1 unspecified atom stereocenters. The molecule has 0 aliphatic carbocycles. The van der Waals surface area contributed by atoms with Crippen molar-refractivity contribution in [1.82, 2.24) is 9.91 Å². The number of non-ortho nitro benzene ring substituents is 1. The molecule has 1 aromatic carbocycles. The van der Waals surface area contributed by atoms with Gasteiger partial charge in [0.25, 0.3) is 23.4 Å². The second-order valence-electron chi connectivity index (χ2n) is 7.18. The lowest BCUT2D eigenvalue weighted by Crippen LogP contribution is -2.41. The standard InChI is InChI=1S/C21H14N4O6S/c26-19(11-23-20(27)13-6-5-12(25(29)30)9-14(13)21(23)28)24-16(17-3-1-7-31-17)10-15(22-24)18-4-2-8-32-18/h1-9,16H,10-11H2. The van der Waals surface area contributed by atoms with Crippen LogP contribution >= 0.6 is 11.3 Å². The molecule has 0 bridgehead atoms. The highest BCUT2D eigenvalue weighted by molar-refractivity contribution is 7.12. The zero-order valence-electron chi connectivity index (χ0n) is 16.3. The molecule has 0 saturated heterocycles. The number of nitrogens with zero attached hydrogens (tertiary/aromatic N) is 4. The van der Waals surface area contributed by atoms with Crippen LogP contribution < -0.4 is 0 Å². The molecule has 11 heteroatoms. The van der Waals surface area contributed by atoms with E-state index in [1.165, 1.54) is 28.7 Å². The second-order valence-corrected chi connectivity index (χ2v) is 8.13. The van der Waals surface area contributed by atoms with E-state index < -0.39 is 35.2 Å². The fraction of sp³-hybridized carbons (Fsp3) is 0.143. The van der Waals surface area contributed by atoms with Crippen LogP contribution in [0, 0.1) is 10.1 Å². The topological polar surface area (TPSA) is 126 Å². The van der Waals surface area contributed by atoms with Crippen LogP contribution in [0.4, 0.5) is 5.69 Å². The maximum Gasteiger partial charge on any atom is 0.270 e. The molecule has 0 spiro atoms. The number of carbonyl (C=O) groups excluding carboxylic acids is 3. The van der Waals surface area contributed by atoms with Gasteiger partial charge in [0.15, 0.2) is 0 Å². The number of fused-ring (bicyclic) bond motifs is 1. The number of benzene rings is 1. The fourth-order valence-corrected chi connectivity index (χ4v) is 4.50. The Morgan fingerprint density at radius 1 is 1.19 bits per heavy atom. The van der Waals surface area contributed by atoms with Crippen LogP contribution in [0.2, 0.25) is 0 Å². The SMILES string of the molecule is O=C1c2ccc([N+](=O)[O-])cc2C(=O)N1CC(=O)N1N=C(c2cccs2)CC1c1ccco1. The molecule has 0 saturated carbocycles. The van der Waals surface area contributed by atoms with Gasteiger partial charge in [-0.1, -0.05) is 6.07 Å². The lowest BCUT2D eigenvalue weighted by Gasteiger charge is -2.22. The summed E-state index contributed by atoms with van der Waals surface area (Å²) in [6.07, 6.45) is 1.92. The van der Waals surface area contributed by atoms with Gasteiger partial charge in [0.05, 0.1) is 32.9 Å². The molecule has 0 fully saturated rings. The van der Waals surface area contributed by atoms with Gasteiger partial charge in [0, 0.05) is 18.6 Å². The zero-order chi connectivity index (χ0) is 22.4. The number of thiophene rings is 1. The largest absolute Gasteiger partial charge is 0.467 e. The van der Waals surface area contributed by atoms with Gasteiger partial charge in [0.1, 0.15) is 18.3 Å². The number of rotatable bonds is 5. The number of amides is 3. The first-order chi connectivity index (χ1) is 15.4. The van der Waals surface area contributed by atoms with E-state index in [1.807, 2.05) is 17.5 Å². The monoisotopic (exact) mass is 450 g/mol. The van der Waals surface area contributed by atoms with E-state index in [0.717, 1.165) is 21.9 Å². The summed E-state index contributed by atoms with van der Waals surface area (Å²) in [7, 11) is 0. The van der Waals surface area contributed by atoms with Crippen LogP contribution in [-0.2, 0) is 4.79 Å². The molecule has 5 rings (SSSR count). The fourth-order valence-electron chi connectivity index (χ4n) is 3.78. The summed E-state index contributed by atoms with van der Waals surface area (Å²) in [4.78, 5) is 50.7. The maximum absolute atomic E-state index is 13.2. The highest BCUT2D eigenvalue weighted by Crippen LogP contribution is 2.35. The van der Waals surface area contributed by atoms with E-state index in [0.29, 0.717) is 17.9 Å². The second kappa shape index (κ2) is 7.54. The number of imide groups is 1. The molecule has 2 aromatic heterocycles. The number of nitro groups is 1. The summed E-state index contributed by atoms with van der Waals surface area (Å²) in [6.45, 7) is -0.543. The van der Waals surface area contributed by atoms with Crippen molar-refractivity contribution < 1.29 is 23.7 Å². The van der Waals surface area contributed by atoms with Gasteiger partial charge in [-0.25, -0.2) is 5.01 Å². The Kier molecular flexibility index (Phi) is 4.67. The van der Waals surface area contributed by atoms with Crippen molar-refractivity contribution in [3.63, 3.8) is 0 Å². The molecule has 160 valence electrons. The molecule has 3 amide bonds. The minimum Gasteiger partial charge on any atom is -0.467 e. The van der Waals surface area contributed by atoms with Crippen molar-refractivity contribution in [2.45, 2.75) is 12.5 Å². The zero-order valence-corrected chi connectivity index (χ0v) is 17.2. The average molecular weight is 450 g/mol. The Labute approximate surface area is 184 Å². The number of nitro benzene ring substituents is 1. The van der Waals surface area contributed by atoms with Crippen LogP contribution in [0.25, 0.3) is 0 Å². The molecule has 0 N–H and O–H groups in total. The third-order valence-electron chi connectivity index (χ3n) is 5.30. The molecule has 32 heavy (non-hydrogen) atoms. The van der Waals surface area contributed by atoms with Gasteiger partial charge in [-0.15, -0.1) is 11.3 Å². The lowest BCUT2D eigenvalue weighted by molar-refractivity contribution is -0.384. The minimum atomic E-state index is -0.752. The van der Waals surface area contributed by atoms with E-state index >= 15 is 0 Å². The molecule has 4 heterocycles. The van der Waals surface area contributed by atoms with Crippen molar-refractivity contribution in [3.8, 4) is 0 Å². The number of hydrazone groups is 1. The van der Waals surface area contributed by atoms with Gasteiger partial charge in [-0.3, -0.25) is 29.4 Å². The third kappa shape index (κ3) is 3.19. The molecule has 2 aliphatic rings. The summed E-state index contributed by atoms with van der Waals surface area (Å²) < 4.78 is 5.49. The molecular formula is C21H14N4O6S. The predicted octanol–water partition coefficient (Wildman–Crippen LogP) is 3.22. The van der Waals surface area contributed by atoms with Crippen molar-refractivity contribution in [3.05, 3.63) is 86.0 Å². The first kappa shape index (κ1) is 19.8. The molecule has 1 atom stereocenters. The van der Waals surface area contributed by atoms with Crippen molar-refractivity contribution in [2.75, 3.05) is 6.54 Å². The van der Waals surface area contributed by atoms with E-state index in [9.17, 15) is 24.5 Å². The van der Waals surface area contributed by atoms with Gasteiger partial charge in [0.2, 0.25) is 0 Å². The Morgan fingerprint density at radius 3 is 2.69 bits per heavy atom. The molecule has 2 aliphatic heterocycles. The van der Waals surface area contributed by atoms with Crippen molar-refractivity contribution in [1.29, 1.82) is 0 Å². The van der Waals surface area contributed by atoms with Crippen molar-refractivity contribution in [2.24, 2.45) is 5.10 Å².